The van der Waals surface area contributed by atoms with Crippen LogP contribution in [0.2, 0.25) is 0 Å². The van der Waals surface area contributed by atoms with Crippen molar-refractivity contribution in [3.05, 3.63) is 44.9 Å². The van der Waals surface area contributed by atoms with E-state index in [9.17, 15) is 13.2 Å². The lowest BCUT2D eigenvalue weighted by molar-refractivity contribution is -0.137. The number of halogens is 3. The Labute approximate surface area is 124 Å². The number of hydrogen-bond donors (Lipinski definition) is 1. The van der Waals surface area contributed by atoms with E-state index in [2.05, 4.69) is 10.3 Å². The second-order valence-corrected chi connectivity index (χ2v) is 5.87. The average Bonchev–Trinajstić information content (AvgIpc) is 2.73. The maximum absolute atomic E-state index is 12.6. The van der Waals surface area contributed by atoms with Crippen LogP contribution in [-0.4, -0.2) is 4.98 Å². The lowest BCUT2D eigenvalue weighted by Gasteiger charge is -2.11. The zero-order valence-corrected chi connectivity index (χ0v) is 12.2. The third kappa shape index (κ3) is 3.52. The molecule has 0 fully saturated rings. The number of benzene rings is 1. The lowest BCUT2D eigenvalue weighted by atomic mass is 10.1. The van der Waals surface area contributed by atoms with Gasteiger partial charge in [-0.05, 0) is 32.0 Å². The Morgan fingerprint density at radius 1 is 1.33 bits per heavy atom. The largest absolute Gasteiger partial charge is 0.416 e. The normalized spacial score (nSPS) is 11.2. The van der Waals surface area contributed by atoms with Gasteiger partial charge in [0.25, 0.3) is 0 Å². The van der Waals surface area contributed by atoms with Crippen LogP contribution in [0.3, 0.4) is 0 Å². The molecule has 2 aromatic rings. The van der Waals surface area contributed by atoms with Crippen molar-refractivity contribution < 1.29 is 13.2 Å². The highest BCUT2D eigenvalue weighted by molar-refractivity contribution is 7.11. The van der Waals surface area contributed by atoms with E-state index >= 15 is 0 Å². The predicted molar refractivity (Wildman–Crippen MR) is 75.1 cm³/mol. The van der Waals surface area contributed by atoms with Crippen LogP contribution in [0.25, 0.3) is 0 Å². The van der Waals surface area contributed by atoms with Crippen LogP contribution >= 0.6 is 11.3 Å². The van der Waals surface area contributed by atoms with Gasteiger partial charge in [-0.1, -0.05) is 0 Å². The summed E-state index contributed by atoms with van der Waals surface area (Å²) in [6, 6.07) is 4.87. The molecule has 0 unspecified atom stereocenters. The lowest BCUT2D eigenvalue weighted by Crippen LogP contribution is -2.07. The molecule has 0 amide bonds. The number of nitrogens with zero attached hydrogens (tertiary/aromatic N) is 2. The van der Waals surface area contributed by atoms with E-state index < -0.39 is 11.7 Å². The first kappa shape index (κ1) is 15.3. The van der Waals surface area contributed by atoms with E-state index in [1.165, 1.54) is 6.07 Å². The summed E-state index contributed by atoms with van der Waals surface area (Å²) in [5, 5.41) is 12.9. The quantitative estimate of drug-likeness (QED) is 0.921. The van der Waals surface area contributed by atoms with E-state index in [0.29, 0.717) is 12.2 Å². The molecule has 1 aromatic heterocycles. The Hall–Kier alpha value is -2.07. The fraction of sp³-hybridized carbons (Fsp3) is 0.286. The van der Waals surface area contributed by atoms with Crippen LogP contribution in [0.1, 0.15) is 26.7 Å². The standard InChI is InChI=1S/C14H12F3N3S/c1-8-13(20-9(2)21-8)7-19-12-4-3-11(14(15,16)17)5-10(12)6-18/h3-5,19H,7H2,1-2H3. The van der Waals surface area contributed by atoms with Gasteiger partial charge in [0, 0.05) is 4.88 Å². The van der Waals surface area contributed by atoms with Crippen molar-refractivity contribution in [3.63, 3.8) is 0 Å². The predicted octanol–water partition coefficient (Wildman–Crippen LogP) is 4.26. The molecule has 1 N–H and O–H groups in total. The molecule has 0 bridgehead atoms. The molecule has 0 aliphatic heterocycles. The van der Waals surface area contributed by atoms with Gasteiger partial charge in [-0.3, -0.25) is 0 Å². The number of anilines is 1. The summed E-state index contributed by atoms with van der Waals surface area (Å²) < 4.78 is 37.8. The van der Waals surface area contributed by atoms with Crippen LogP contribution < -0.4 is 5.32 Å². The Bertz CT molecular complexity index is 698. The summed E-state index contributed by atoms with van der Waals surface area (Å²) >= 11 is 1.56. The number of alkyl halides is 3. The molecule has 1 aromatic carbocycles. The molecule has 1 heterocycles. The van der Waals surface area contributed by atoms with Gasteiger partial charge in [-0.15, -0.1) is 11.3 Å². The third-order valence-corrected chi connectivity index (χ3v) is 3.84. The number of hydrogen-bond acceptors (Lipinski definition) is 4. The molecule has 21 heavy (non-hydrogen) atoms. The molecule has 0 aliphatic rings. The van der Waals surface area contributed by atoms with E-state index in [1.807, 2.05) is 13.8 Å². The number of rotatable bonds is 3. The maximum atomic E-state index is 12.6. The molecule has 0 spiro atoms. The zero-order valence-electron chi connectivity index (χ0n) is 11.4. The molecular weight excluding hydrogens is 299 g/mol. The van der Waals surface area contributed by atoms with Gasteiger partial charge in [0.1, 0.15) is 6.07 Å². The van der Waals surface area contributed by atoms with Gasteiger partial charge in [-0.2, -0.15) is 18.4 Å². The number of nitrogens with one attached hydrogen (secondary N) is 1. The molecular formula is C14H12F3N3S. The highest BCUT2D eigenvalue weighted by Crippen LogP contribution is 2.31. The average molecular weight is 311 g/mol. The number of aryl methyl sites for hydroxylation is 2. The van der Waals surface area contributed by atoms with Crippen LogP contribution in [0, 0.1) is 25.2 Å². The van der Waals surface area contributed by atoms with Gasteiger partial charge in [0.2, 0.25) is 0 Å². The molecule has 0 saturated heterocycles. The van der Waals surface area contributed by atoms with Crippen molar-refractivity contribution in [1.82, 2.24) is 4.98 Å². The fourth-order valence-electron chi connectivity index (χ4n) is 1.88. The molecule has 2 rings (SSSR count). The molecule has 0 atom stereocenters. The van der Waals surface area contributed by atoms with Crippen molar-refractivity contribution in [2.24, 2.45) is 0 Å². The van der Waals surface area contributed by atoms with Crippen molar-refractivity contribution in [3.8, 4) is 6.07 Å². The topological polar surface area (TPSA) is 48.7 Å². The van der Waals surface area contributed by atoms with Crippen LogP contribution in [0.15, 0.2) is 18.2 Å². The van der Waals surface area contributed by atoms with Crippen LogP contribution in [0.4, 0.5) is 18.9 Å². The van der Waals surface area contributed by atoms with Crippen LogP contribution in [0.5, 0.6) is 0 Å². The van der Waals surface area contributed by atoms with Gasteiger partial charge in [-0.25, -0.2) is 4.98 Å². The summed E-state index contributed by atoms with van der Waals surface area (Å²) in [6.07, 6.45) is -4.45. The summed E-state index contributed by atoms with van der Waals surface area (Å²) in [6.45, 7) is 4.19. The van der Waals surface area contributed by atoms with Gasteiger partial charge >= 0.3 is 6.18 Å². The molecule has 110 valence electrons. The fourth-order valence-corrected chi connectivity index (χ4v) is 2.72. The highest BCUT2D eigenvalue weighted by atomic mass is 32.1. The summed E-state index contributed by atoms with van der Waals surface area (Å²) in [5.74, 6) is 0. The first-order valence-corrected chi connectivity index (χ1v) is 6.91. The van der Waals surface area contributed by atoms with E-state index in [1.54, 1.807) is 17.4 Å². The molecule has 3 nitrogen and oxygen atoms in total. The summed E-state index contributed by atoms with van der Waals surface area (Å²) in [5.41, 5.74) is 0.344. The maximum Gasteiger partial charge on any atom is 0.416 e. The Morgan fingerprint density at radius 2 is 2.05 bits per heavy atom. The van der Waals surface area contributed by atoms with Crippen molar-refractivity contribution in [2.45, 2.75) is 26.6 Å². The van der Waals surface area contributed by atoms with E-state index in [-0.39, 0.29) is 5.56 Å². The summed E-state index contributed by atoms with van der Waals surface area (Å²) in [7, 11) is 0. The first-order valence-electron chi connectivity index (χ1n) is 6.09. The number of thiazole rings is 1. The minimum atomic E-state index is -4.45. The molecule has 0 saturated carbocycles. The number of aromatic nitrogens is 1. The molecule has 7 heteroatoms. The SMILES string of the molecule is Cc1nc(CNc2ccc(C(F)(F)F)cc2C#N)c(C)s1. The second-order valence-electron chi connectivity index (χ2n) is 4.46. The second kappa shape index (κ2) is 5.74. The molecule has 0 aliphatic carbocycles. The Morgan fingerprint density at radius 3 is 2.57 bits per heavy atom. The van der Waals surface area contributed by atoms with Crippen molar-refractivity contribution >= 4 is 17.0 Å². The van der Waals surface area contributed by atoms with Crippen molar-refractivity contribution in [2.75, 3.05) is 5.32 Å². The van der Waals surface area contributed by atoms with Gasteiger partial charge < -0.3 is 5.32 Å². The minimum Gasteiger partial charge on any atom is -0.378 e. The van der Waals surface area contributed by atoms with Gasteiger partial charge in [0.15, 0.2) is 0 Å². The van der Waals surface area contributed by atoms with Crippen molar-refractivity contribution in [1.29, 1.82) is 5.26 Å². The smallest absolute Gasteiger partial charge is 0.378 e. The summed E-state index contributed by atoms with van der Waals surface area (Å²) in [4.78, 5) is 5.38. The van der Waals surface area contributed by atoms with Gasteiger partial charge in [0.05, 0.1) is 34.1 Å². The Balaban J connectivity index is 2.21. The number of nitriles is 1. The first-order chi connectivity index (χ1) is 9.81. The van der Waals surface area contributed by atoms with Crippen LogP contribution in [-0.2, 0) is 12.7 Å². The van der Waals surface area contributed by atoms with E-state index in [0.717, 1.165) is 27.7 Å². The zero-order chi connectivity index (χ0) is 15.6. The monoisotopic (exact) mass is 311 g/mol. The highest BCUT2D eigenvalue weighted by Gasteiger charge is 2.31. The minimum absolute atomic E-state index is 0.0329. The Kier molecular flexibility index (Phi) is 4.19. The third-order valence-electron chi connectivity index (χ3n) is 2.91. The molecule has 0 radical (unpaired) electrons. The van der Waals surface area contributed by atoms with E-state index in [4.69, 9.17) is 5.26 Å².